The number of rotatable bonds is 5. The molecule has 3 N–H and O–H groups in total. The van der Waals surface area contributed by atoms with Gasteiger partial charge in [-0.05, 0) is 50.9 Å². The number of aliphatic hydroxyl groups excluding tert-OH is 2. The summed E-state index contributed by atoms with van der Waals surface area (Å²) in [5, 5.41) is 29.7. The third kappa shape index (κ3) is 3.06. The summed E-state index contributed by atoms with van der Waals surface area (Å²) in [4.78, 5) is 0. The van der Waals surface area contributed by atoms with Crippen LogP contribution in [-0.2, 0) is 6.54 Å². The topological polar surface area (TPSA) is 52.5 Å². The van der Waals surface area contributed by atoms with Gasteiger partial charge >= 0.3 is 0 Å². The summed E-state index contributed by atoms with van der Waals surface area (Å²) < 4.78 is 1.10. The lowest BCUT2D eigenvalue weighted by atomic mass is 9.91. The Bertz CT molecular complexity index is 1060. The third-order valence-electron chi connectivity index (χ3n) is 5.11. The van der Waals surface area contributed by atoms with Gasteiger partial charge < -0.3 is 15.5 Å². The van der Waals surface area contributed by atoms with Gasteiger partial charge in [0.25, 0.3) is 0 Å². The summed E-state index contributed by atoms with van der Waals surface area (Å²) in [6, 6.07) is 17.2. The summed E-state index contributed by atoms with van der Waals surface area (Å²) in [5.74, 6) is 0. The summed E-state index contributed by atoms with van der Waals surface area (Å²) in [7, 11) is 0. The second kappa shape index (κ2) is 7.29. The van der Waals surface area contributed by atoms with Gasteiger partial charge in [0, 0.05) is 11.0 Å². The van der Waals surface area contributed by atoms with Gasteiger partial charge in [0.2, 0.25) is 0 Å². The van der Waals surface area contributed by atoms with E-state index in [2.05, 4.69) is 69.8 Å². The van der Waals surface area contributed by atoms with E-state index in [0.29, 0.717) is 6.54 Å². The van der Waals surface area contributed by atoms with Gasteiger partial charge in [0.05, 0.1) is 18.8 Å². The van der Waals surface area contributed by atoms with Crippen molar-refractivity contribution in [1.29, 1.82) is 0 Å². The minimum absolute atomic E-state index is 0. The monoisotopic (exact) mass is 433 g/mol. The van der Waals surface area contributed by atoms with Crippen molar-refractivity contribution in [2.24, 2.45) is 0 Å². The van der Waals surface area contributed by atoms with E-state index in [1.807, 2.05) is 6.92 Å². The molecule has 4 rings (SSSR count). The predicted octanol–water partition coefficient (Wildman–Crippen LogP) is 4.60. The zero-order valence-electron chi connectivity index (χ0n) is 14.4. The number of benzene rings is 4. The SMILES string of the molecule is CC(CO)(CO)NCc1ccc2ccc3ccc(Br)c4ccc1c2c34.Cl. The van der Waals surface area contributed by atoms with Gasteiger partial charge in [0.15, 0.2) is 0 Å². The van der Waals surface area contributed by atoms with Crippen molar-refractivity contribution in [2.75, 3.05) is 13.2 Å². The van der Waals surface area contributed by atoms with Crippen LogP contribution in [0.4, 0.5) is 0 Å². The average molecular weight is 435 g/mol. The molecule has 0 atom stereocenters. The molecule has 3 nitrogen and oxygen atoms in total. The van der Waals surface area contributed by atoms with Crippen LogP contribution in [0.5, 0.6) is 0 Å². The lowest BCUT2D eigenvalue weighted by Crippen LogP contribution is -2.48. The molecule has 4 aromatic rings. The normalized spacial score (nSPS) is 12.2. The fourth-order valence-electron chi connectivity index (χ4n) is 3.45. The van der Waals surface area contributed by atoms with Gasteiger partial charge in [-0.15, -0.1) is 12.4 Å². The maximum atomic E-state index is 9.50. The molecule has 0 aliphatic rings. The fraction of sp³-hybridized carbons (Fsp3) is 0.238. The molecule has 0 saturated heterocycles. The molecule has 0 amide bonds. The number of nitrogens with one attached hydrogen (secondary N) is 1. The Hall–Kier alpha value is -1.43. The largest absolute Gasteiger partial charge is 0.394 e. The molecule has 136 valence electrons. The fourth-order valence-corrected chi connectivity index (χ4v) is 3.91. The lowest BCUT2D eigenvalue weighted by Gasteiger charge is -2.27. The lowest BCUT2D eigenvalue weighted by molar-refractivity contribution is 0.103. The van der Waals surface area contributed by atoms with Crippen LogP contribution in [0, 0.1) is 0 Å². The van der Waals surface area contributed by atoms with Crippen molar-refractivity contribution >= 4 is 60.7 Å². The van der Waals surface area contributed by atoms with Crippen LogP contribution in [0.25, 0.3) is 32.3 Å². The van der Waals surface area contributed by atoms with Crippen LogP contribution < -0.4 is 5.32 Å². The van der Waals surface area contributed by atoms with Crippen LogP contribution in [0.1, 0.15) is 12.5 Å². The van der Waals surface area contributed by atoms with E-state index in [1.54, 1.807) is 0 Å². The first-order valence-electron chi connectivity index (χ1n) is 8.38. The van der Waals surface area contributed by atoms with Crippen LogP contribution >= 0.6 is 28.3 Å². The highest BCUT2D eigenvalue weighted by Gasteiger charge is 2.22. The second-order valence-electron chi connectivity index (χ2n) is 6.92. The van der Waals surface area contributed by atoms with E-state index in [9.17, 15) is 10.2 Å². The smallest absolute Gasteiger partial charge is 0.0633 e. The van der Waals surface area contributed by atoms with Gasteiger partial charge in [-0.3, -0.25) is 0 Å². The highest BCUT2D eigenvalue weighted by Crippen LogP contribution is 2.38. The van der Waals surface area contributed by atoms with E-state index >= 15 is 0 Å². The number of halogens is 2. The van der Waals surface area contributed by atoms with Crippen molar-refractivity contribution < 1.29 is 10.2 Å². The van der Waals surface area contributed by atoms with Gasteiger partial charge in [-0.2, -0.15) is 0 Å². The first kappa shape index (κ1) is 19.3. The summed E-state index contributed by atoms with van der Waals surface area (Å²) in [5.41, 5.74) is 0.475. The van der Waals surface area contributed by atoms with E-state index in [1.165, 1.54) is 32.3 Å². The molecule has 4 aromatic carbocycles. The zero-order chi connectivity index (χ0) is 17.6. The highest BCUT2D eigenvalue weighted by atomic mass is 79.9. The number of hydrogen-bond acceptors (Lipinski definition) is 3. The number of hydrogen-bond donors (Lipinski definition) is 3. The Balaban J connectivity index is 0.00000196. The Kier molecular flexibility index (Phi) is 5.42. The maximum absolute atomic E-state index is 9.50. The quantitative estimate of drug-likeness (QED) is 0.402. The summed E-state index contributed by atoms with van der Waals surface area (Å²) in [6.45, 7) is 2.19. The molecule has 0 fully saturated rings. The van der Waals surface area contributed by atoms with Crippen molar-refractivity contribution in [3.05, 3.63) is 58.6 Å². The van der Waals surface area contributed by atoms with Crippen molar-refractivity contribution in [3.8, 4) is 0 Å². The van der Waals surface area contributed by atoms with E-state index in [4.69, 9.17) is 0 Å². The van der Waals surface area contributed by atoms with Gasteiger partial charge in [-0.25, -0.2) is 0 Å². The Morgan fingerprint density at radius 2 is 1.38 bits per heavy atom. The average Bonchev–Trinajstić information content (AvgIpc) is 2.66. The van der Waals surface area contributed by atoms with Crippen LogP contribution in [0.3, 0.4) is 0 Å². The number of aliphatic hydroxyl groups is 2. The first-order valence-corrected chi connectivity index (χ1v) is 9.17. The van der Waals surface area contributed by atoms with E-state index in [-0.39, 0.29) is 25.6 Å². The van der Waals surface area contributed by atoms with E-state index < -0.39 is 5.54 Å². The maximum Gasteiger partial charge on any atom is 0.0633 e. The molecule has 26 heavy (non-hydrogen) atoms. The van der Waals surface area contributed by atoms with Gasteiger partial charge in [-0.1, -0.05) is 58.4 Å². The molecule has 0 spiro atoms. The minimum atomic E-state index is -0.687. The molecule has 0 radical (unpaired) electrons. The molecule has 5 heteroatoms. The van der Waals surface area contributed by atoms with Crippen LogP contribution in [0.2, 0.25) is 0 Å². The molecular weight excluding hydrogens is 414 g/mol. The predicted molar refractivity (Wildman–Crippen MR) is 115 cm³/mol. The molecule has 0 aromatic heterocycles. The first-order chi connectivity index (χ1) is 12.1. The molecule has 0 aliphatic heterocycles. The summed E-state index contributed by atoms with van der Waals surface area (Å²) in [6.07, 6.45) is 0. The van der Waals surface area contributed by atoms with E-state index in [0.717, 1.165) is 10.0 Å². The van der Waals surface area contributed by atoms with Crippen molar-refractivity contribution in [1.82, 2.24) is 5.32 Å². The zero-order valence-corrected chi connectivity index (χ0v) is 16.8. The van der Waals surface area contributed by atoms with Crippen molar-refractivity contribution in [2.45, 2.75) is 19.0 Å². The molecular formula is C21H21BrClNO2. The van der Waals surface area contributed by atoms with Crippen molar-refractivity contribution in [3.63, 3.8) is 0 Å². The molecule has 0 aliphatic carbocycles. The third-order valence-corrected chi connectivity index (χ3v) is 5.80. The standard InChI is InChI=1S/C21H20BrNO2.ClH/c1-21(11-24,12-25)23-10-15-5-4-13-2-3-14-6-9-18(22)17-8-7-16(15)19(13)20(14)17;/h2-9,23-25H,10-12H2,1H3;1H. The molecule has 0 saturated carbocycles. The Morgan fingerprint density at radius 3 is 2.04 bits per heavy atom. The molecule has 0 heterocycles. The van der Waals surface area contributed by atoms with Gasteiger partial charge in [0.1, 0.15) is 0 Å². The van der Waals surface area contributed by atoms with Crippen LogP contribution in [0.15, 0.2) is 53.0 Å². The summed E-state index contributed by atoms with van der Waals surface area (Å²) >= 11 is 3.67. The van der Waals surface area contributed by atoms with Crippen LogP contribution in [-0.4, -0.2) is 29.0 Å². The Labute approximate surface area is 166 Å². The minimum Gasteiger partial charge on any atom is -0.394 e. The second-order valence-corrected chi connectivity index (χ2v) is 7.78. The molecule has 0 unspecified atom stereocenters. The Morgan fingerprint density at radius 1 is 0.846 bits per heavy atom. The molecule has 0 bridgehead atoms. The highest BCUT2D eigenvalue weighted by molar-refractivity contribution is 9.10.